The van der Waals surface area contributed by atoms with Crippen LogP contribution in [0.2, 0.25) is 0 Å². The van der Waals surface area contributed by atoms with E-state index in [0.29, 0.717) is 6.26 Å². The van der Waals surface area contributed by atoms with Crippen molar-refractivity contribution in [1.29, 1.82) is 5.26 Å². The van der Waals surface area contributed by atoms with Crippen LogP contribution in [0.4, 0.5) is 0 Å². The van der Waals surface area contributed by atoms with Crippen molar-refractivity contribution in [3.8, 4) is 6.19 Å². The molecular formula is C4H4N2O2. The van der Waals surface area contributed by atoms with E-state index in [-0.39, 0.29) is 0 Å². The van der Waals surface area contributed by atoms with E-state index in [1.807, 2.05) is 0 Å². The summed E-state index contributed by atoms with van der Waals surface area (Å²) in [6, 6.07) is 0. The van der Waals surface area contributed by atoms with E-state index in [1.54, 1.807) is 5.32 Å². The summed E-state index contributed by atoms with van der Waals surface area (Å²) in [7, 11) is 0. The molecule has 42 valence electrons. The largest absolute Gasteiger partial charge is 0.515 e. The zero-order valence-electron chi connectivity index (χ0n) is 3.96. The van der Waals surface area contributed by atoms with Crippen LogP contribution >= 0.6 is 0 Å². The fourth-order valence-electron chi connectivity index (χ4n) is 0.164. The second-order valence-corrected chi connectivity index (χ2v) is 0.917. The molecule has 0 atom stereocenters. The maximum atomic E-state index is 10.1. The van der Waals surface area contributed by atoms with E-state index in [0.717, 1.165) is 6.08 Å². The predicted octanol–water partition coefficient (Wildman–Crippen LogP) is -0.345. The third-order valence-electron chi connectivity index (χ3n) is 0.405. The molecule has 4 heteroatoms. The van der Waals surface area contributed by atoms with Crippen LogP contribution in [-0.4, -0.2) is 11.0 Å². The molecule has 0 aliphatic carbocycles. The van der Waals surface area contributed by atoms with Gasteiger partial charge in [-0.3, -0.25) is 10.1 Å². The van der Waals surface area contributed by atoms with E-state index < -0.39 is 5.91 Å². The van der Waals surface area contributed by atoms with Crippen molar-refractivity contribution in [2.75, 3.05) is 0 Å². The molecule has 0 aliphatic heterocycles. The lowest BCUT2D eigenvalue weighted by Crippen LogP contribution is -2.13. The molecule has 0 rings (SSSR count). The zero-order valence-corrected chi connectivity index (χ0v) is 3.96. The maximum Gasteiger partial charge on any atom is 0.260 e. The lowest BCUT2D eigenvalue weighted by atomic mass is 10.6. The van der Waals surface area contributed by atoms with Gasteiger partial charge < -0.3 is 5.11 Å². The summed E-state index contributed by atoms with van der Waals surface area (Å²) in [5, 5.41) is 17.4. The number of carbonyl (C=O) groups excluding carboxylic acids is 1. The smallest absolute Gasteiger partial charge is 0.260 e. The van der Waals surface area contributed by atoms with Crippen LogP contribution in [0.3, 0.4) is 0 Å². The SMILES string of the molecule is N#CNC(=O)C=CO. The molecule has 0 unspecified atom stereocenters. The Morgan fingerprint density at radius 1 is 1.88 bits per heavy atom. The molecule has 8 heavy (non-hydrogen) atoms. The molecular weight excluding hydrogens is 108 g/mol. The number of carbonyl (C=O) groups is 1. The van der Waals surface area contributed by atoms with Gasteiger partial charge in [0.05, 0.1) is 6.26 Å². The Hall–Kier alpha value is -1.50. The number of amides is 1. The van der Waals surface area contributed by atoms with Crippen molar-refractivity contribution >= 4 is 5.91 Å². The van der Waals surface area contributed by atoms with Gasteiger partial charge in [-0.1, -0.05) is 0 Å². The Morgan fingerprint density at radius 3 is 2.88 bits per heavy atom. The van der Waals surface area contributed by atoms with Crippen molar-refractivity contribution < 1.29 is 9.90 Å². The van der Waals surface area contributed by atoms with Crippen molar-refractivity contribution in [2.24, 2.45) is 0 Å². The summed E-state index contributed by atoms with van der Waals surface area (Å²) in [4.78, 5) is 10.1. The number of nitrogens with zero attached hydrogens (tertiary/aromatic N) is 1. The Morgan fingerprint density at radius 2 is 2.50 bits per heavy atom. The van der Waals surface area contributed by atoms with Crippen LogP contribution in [-0.2, 0) is 4.79 Å². The molecule has 0 bridgehead atoms. The molecule has 0 fully saturated rings. The lowest BCUT2D eigenvalue weighted by Gasteiger charge is -1.80. The van der Waals surface area contributed by atoms with Crippen molar-refractivity contribution in [1.82, 2.24) is 5.32 Å². The molecule has 0 saturated carbocycles. The van der Waals surface area contributed by atoms with Crippen molar-refractivity contribution in [3.05, 3.63) is 12.3 Å². The summed E-state index contributed by atoms with van der Waals surface area (Å²) < 4.78 is 0. The van der Waals surface area contributed by atoms with Gasteiger partial charge in [-0.15, -0.1) is 0 Å². The van der Waals surface area contributed by atoms with Gasteiger partial charge in [0.25, 0.3) is 5.91 Å². The topological polar surface area (TPSA) is 73.1 Å². The first-order valence-corrected chi connectivity index (χ1v) is 1.81. The van der Waals surface area contributed by atoms with Crippen molar-refractivity contribution in [3.63, 3.8) is 0 Å². The minimum atomic E-state index is -0.630. The van der Waals surface area contributed by atoms with Crippen LogP contribution in [0.25, 0.3) is 0 Å². The van der Waals surface area contributed by atoms with Gasteiger partial charge in [0.2, 0.25) is 0 Å². The number of nitrogens with one attached hydrogen (secondary N) is 1. The highest BCUT2D eigenvalue weighted by Gasteiger charge is 1.87. The van der Waals surface area contributed by atoms with Gasteiger partial charge in [-0.05, 0) is 0 Å². The van der Waals surface area contributed by atoms with Gasteiger partial charge in [0.1, 0.15) is 0 Å². The Labute approximate surface area is 46.0 Å². The average molecular weight is 112 g/mol. The molecule has 0 aromatic carbocycles. The Balaban J connectivity index is 3.53. The number of hydrogen-bond donors (Lipinski definition) is 2. The standard InChI is InChI=1S/C4H4N2O2/c5-3-6-4(8)1-2-7/h1-2,7H,(H,6,8). The van der Waals surface area contributed by atoms with Crippen LogP contribution < -0.4 is 5.32 Å². The fraction of sp³-hybridized carbons (Fsp3) is 0. The van der Waals surface area contributed by atoms with Gasteiger partial charge in [-0.25, -0.2) is 0 Å². The third-order valence-corrected chi connectivity index (χ3v) is 0.405. The van der Waals surface area contributed by atoms with E-state index in [9.17, 15) is 4.79 Å². The fourth-order valence-corrected chi connectivity index (χ4v) is 0.164. The van der Waals surface area contributed by atoms with Gasteiger partial charge >= 0.3 is 0 Å². The highest BCUT2D eigenvalue weighted by molar-refractivity contribution is 5.88. The van der Waals surface area contributed by atoms with Crippen molar-refractivity contribution in [2.45, 2.75) is 0 Å². The molecule has 0 aromatic heterocycles. The Bertz CT molecular complexity index is 145. The summed E-state index contributed by atoms with van der Waals surface area (Å²) >= 11 is 0. The molecule has 0 heterocycles. The quantitative estimate of drug-likeness (QED) is 0.211. The number of rotatable bonds is 1. The summed E-state index contributed by atoms with van der Waals surface area (Å²) in [6.07, 6.45) is 2.79. The number of nitriles is 1. The maximum absolute atomic E-state index is 10.1. The first-order chi connectivity index (χ1) is 3.81. The molecule has 1 amide bonds. The summed E-state index contributed by atoms with van der Waals surface area (Å²) in [6.45, 7) is 0. The van der Waals surface area contributed by atoms with E-state index in [1.165, 1.54) is 6.19 Å². The van der Waals surface area contributed by atoms with Gasteiger partial charge in [0.15, 0.2) is 6.19 Å². The molecule has 0 aliphatic rings. The molecule has 0 spiro atoms. The second kappa shape index (κ2) is 3.68. The Kier molecular flexibility index (Phi) is 2.99. The predicted molar refractivity (Wildman–Crippen MR) is 25.5 cm³/mol. The highest BCUT2D eigenvalue weighted by Crippen LogP contribution is 1.64. The second-order valence-electron chi connectivity index (χ2n) is 0.917. The molecule has 0 radical (unpaired) electrons. The van der Waals surface area contributed by atoms with Crippen LogP contribution in [0.15, 0.2) is 12.3 Å². The number of aliphatic hydroxyl groups is 1. The van der Waals surface area contributed by atoms with Crippen LogP contribution in [0.1, 0.15) is 0 Å². The van der Waals surface area contributed by atoms with Gasteiger partial charge in [0, 0.05) is 6.08 Å². The normalized spacial score (nSPS) is 8.38. The first kappa shape index (κ1) is 6.50. The van der Waals surface area contributed by atoms with E-state index in [2.05, 4.69) is 0 Å². The first-order valence-electron chi connectivity index (χ1n) is 1.81. The monoisotopic (exact) mass is 112 g/mol. The molecule has 4 nitrogen and oxygen atoms in total. The van der Waals surface area contributed by atoms with E-state index in [4.69, 9.17) is 10.4 Å². The summed E-state index contributed by atoms with van der Waals surface area (Å²) in [5.41, 5.74) is 0. The third kappa shape index (κ3) is 2.72. The van der Waals surface area contributed by atoms with Crippen LogP contribution in [0.5, 0.6) is 0 Å². The van der Waals surface area contributed by atoms with Gasteiger partial charge in [-0.2, -0.15) is 5.26 Å². The zero-order chi connectivity index (χ0) is 6.41. The summed E-state index contributed by atoms with van der Waals surface area (Å²) in [5.74, 6) is -0.630. The minimum absolute atomic E-state index is 0.562. The molecule has 2 N–H and O–H groups in total. The minimum Gasteiger partial charge on any atom is -0.515 e. The van der Waals surface area contributed by atoms with E-state index >= 15 is 0 Å². The number of aliphatic hydroxyl groups excluding tert-OH is 1. The average Bonchev–Trinajstić information content (AvgIpc) is 1.68. The van der Waals surface area contributed by atoms with Crippen LogP contribution in [0, 0.1) is 11.5 Å². The molecule has 0 aromatic rings. The highest BCUT2D eigenvalue weighted by atomic mass is 16.2. The molecule has 0 saturated heterocycles. The lowest BCUT2D eigenvalue weighted by molar-refractivity contribution is -0.115. The number of hydrogen-bond acceptors (Lipinski definition) is 3.